The highest BCUT2D eigenvalue weighted by Gasteiger charge is 2.47. The molecule has 0 aliphatic carbocycles. The lowest BCUT2D eigenvalue weighted by Gasteiger charge is -2.29. The van der Waals surface area contributed by atoms with Crippen LogP contribution in [-0.4, -0.2) is 16.1 Å². The summed E-state index contributed by atoms with van der Waals surface area (Å²) in [6, 6.07) is 27.6. The Bertz CT molecular complexity index is 2280. The maximum absolute atomic E-state index is 13.8. The zero-order chi connectivity index (χ0) is 35.6. The van der Waals surface area contributed by atoms with Gasteiger partial charge in [-0.15, -0.1) is 0 Å². The van der Waals surface area contributed by atoms with E-state index in [0.717, 1.165) is 49.8 Å². The smallest absolute Gasteiger partial charge is 0.394 e. The van der Waals surface area contributed by atoms with E-state index in [1.807, 2.05) is 80.7 Å². The number of alkyl halides is 3. The van der Waals surface area contributed by atoms with Crippen molar-refractivity contribution in [1.82, 2.24) is 9.97 Å². The fourth-order valence-electron chi connectivity index (χ4n) is 6.63. The Hall–Kier alpha value is -5.17. The molecule has 1 aliphatic heterocycles. The molecular weight excluding hydrogens is 633 g/mol. The number of fused-ring (bicyclic) bond motifs is 2. The summed E-state index contributed by atoms with van der Waals surface area (Å²) in [5.41, 5.74) is 6.97. The van der Waals surface area contributed by atoms with Crippen LogP contribution in [0.2, 0.25) is 0 Å². The molecule has 0 N–H and O–H groups in total. The molecule has 7 rings (SSSR count). The number of benzene rings is 4. The predicted octanol–water partition coefficient (Wildman–Crippen LogP) is 12.6. The number of hydrogen-bond acceptors (Lipinski definition) is 4. The zero-order valence-electron chi connectivity index (χ0n) is 29.3. The van der Waals surface area contributed by atoms with Crippen LogP contribution in [0.25, 0.3) is 44.4 Å². The molecule has 4 aromatic carbocycles. The van der Waals surface area contributed by atoms with Crippen LogP contribution in [0.3, 0.4) is 0 Å². The minimum Gasteiger partial charge on any atom is -0.457 e. The number of ether oxygens (including phenoxy) is 2. The van der Waals surface area contributed by atoms with Crippen molar-refractivity contribution < 1.29 is 22.6 Å². The highest BCUT2D eigenvalue weighted by atomic mass is 19.4. The Kier molecular flexibility index (Phi) is 8.00. The number of aryl methyl sites for hydroxylation is 2. The van der Waals surface area contributed by atoms with Gasteiger partial charge in [-0.1, -0.05) is 58.9 Å². The molecule has 0 bridgehead atoms. The average molecular weight is 673 g/mol. The highest BCUT2D eigenvalue weighted by Crippen LogP contribution is 2.51. The SMILES string of the molecule is Cc1cc(Oc2cc(C)cc(-c3nccc4c3Oc3cc(CC(C)(C)C(F)(F)F)cc5cccc-4c35)c2)cc(-c2cc(C(C)(C)C)ccn2)c1. The molecule has 2 aromatic heterocycles. The minimum absolute atomic E-state index is 0.00585. The molecule has 0 radical (unpaired) electrons. The van der Waals surface area contributed by atoms with Crippen LogP contribution >= 0.6 is 0 Å². The van der Waals surface area contributed by atoms with Gasteiger partial charge in [-0.2, -0.15) is 13.2 Å². The summed E-state index contributed by atoms with van der Waals surface area (Å²) >= 11 is 0. The van der Waals surface area contributed by atoms with Crippen molar-refractivity contribution in [3.8, 4) is 56.6 Å². The molecule has 0 spiro atoms. The number of rotatable bonds is 6. The average Bonchev–Trinajstić information content (AvgIpc) is 3.03. The first kappa shape index (κ1) is 33.3. The first-order chi connectivity index (χ1) is 23.6. The van der Waals surface area contributed by atoms with Crippen molar-refractivity contribution in [2.75, 3.05) is 0 Å². The zero-order valence-corrected chi connectivity index (χ0v) is 29.3. The molecule has 7 heteroatoms. The van der Waals surface area contributed by atoms with Crippen LogP contribution in [0.5, 0.6) is 23.0 Å². The van der Waals surface area contributed by atoms with Crippen LogP contribution in [0.4, 0.5) is 13.2 Å². The lowest BCUT2D eigenvalue weighted by atomic mass is 9.83. The normalized spacial score (nSPS) is 12.8. The van der Waals surface area contributed by atoms with Crippen molar-refractivity contribution in [1.29, 1.82) is 0 Å². The van der Waals surface area contributed by atoms with Gasteiger partial charge in [0.1, 0.15) is 22.9 Å². The number of nitrogens with zero attached hydrogens (tertiary/aromatic N) is 2. The van der Waals surface area contributed by atoms with Gasteiger partial charge in [0.05, 0.1) is 11.1 Å². The van der Waals surface area contributed by atoms with Crippen molar-refractivity contribution in [3.05, 3.63) is 120 Å². The van der Waals surface area contributed by atoms with Crippen molar-refractivity contribution in [3.63, 3.8) is 0 Å². The Labute approximate surface area is 291 Å². The van der Waals surface area contributed by atoms with Gasteiger partial charge in [0.15, 0.2) is 5.75 Å². The molecule has 4 nitrogen and oxygen atoms in total. The van der Waals surface area contributed by atoms with E-state index < -0.39 is 11.6 Å². The molecule has 0 saturated carbocycles. The minimum atomic E-state index is -4.34. The fourth-order valence-corrected chi connectivity index (χ4v) is 6.63. The fraction of sp³-hybridized carbons (Fsp3) is 0.256. The summed E-state index contributed by atoms with van der Waals surface area (Å²) in [6.07, 6.45) is -0.901. The molecule has 3 heterocycles. The predicted molar refractivity (Wildman–Crippen MR) is 194 cm³/mol. The van der Waals surface area contributed by atoms with E-state index in [4.69, 9.17) is 14.5 Å². The first-order valence-corrected chi connectivity index (χ1v) is 16.7. The monoisotopic (exact) mass is 672 g/mol. The second-order valence-electron chi connectivity index (χ2n) is 15.0. The topological polar surface area (TPSA) is 44.2 Å². The van der Waals surface area contributed by atoms with Gasteiger partial charge in [0.25, 0.3) is 0 Å². The summed E-state index contributed by atoms with van der Waals surface area (Å²) < 4.78 is 54.7. The summed E-state index contributed by atoms with van der Waals surface area (Å²) in [4.78, 5) is 9.42. The number of halogens is 3. The van der Waals surface area contributed by atoms with Gasteiger partial charge in [0.2, 0.25) is 0 Å². The van der Waals surface area contributed by atoms with Crippen LogP contribution in [0.15, 0.2) is 97.3 Å². The number of hydrogen-bond donors (Lipinski definition) is 0. The molecule has 0 fully saturated rings. The number of pyridine rings is 2. The summed E-state index contributed by atoms with van der Waals surface area (Å²) in [5, 5.41) is 1.71. The molecule has 0 unspecified atom stereocenters. The van der Waals surface area contributed by atoms with Gasteiger partial charge in [0, 0.05) is 34.5 Å². The quantitative estimate of drug-likeness (QED) is 0.176. The Morgan fingerprint density at radius 3 is 2.08 bits per heavy atom. The third kappa shape index (κ3) is 6.33. The maximum atomic E-state index is 13.8. The van der Waals surface area contributed by atoms with Gasteiger partial charge in [-0.3, -0.25) is 9.97 Å². The van der Waals surface area contributed by atoms with E-state index in [1.54, 1.807) is 12.3 Å². The van der Waals surface area contributed by atoms with E-state index in [-0.39, 0.29) is 11.8 Å². The molecule has 254 valence electrons. The molecule has 6 aromatic rings. The van der Waals surface area contributed by atoms with Crippen molar-refractivity contribution in [2.45, 2.75) is 66.5 Å². The second-order valence-corrected chi connectivity index (χ2v) is 15.0. The Morgan fingerprint density at radius 2 is 1.38 bits per heavy atom. The molecule has 0 atom stereocenters. The van der Waals surface area contributed by atoms with Gasteiger partial charge in [-0.25, -0.2) is 0 Å². The molecule has 1 aliphatic rings. The van der Waals surface area contributed by atoms with E-state index in [2.05, 4.69) is 44.0 Å². The highest BCUT2D eigenvalue weighted by molar-refractivity contribution is 6.05. The summed E-state index contributed by atoms with van der Waals surface area (Å²) in [5.74, 6) is 2.41. The maximum Gasteiger partial charge on any atom is 0.394 e. The van der Waals surface area contributed by atoms with Gasteiger partial charge in [-0.05, 0) is 120 Å². The third-order valence-corrected chi connectivity index (χ3v) is 9.35. The van der Waals surface area contributed by atoms with E-state index >= 15 is 0 Å². The second kappa shape index (κ2) is 12.0. The van der Waals surface area contributed by atoms with Crippen LogP contribution < -0.4 is 9.47 Å². The molecule has 0 amide bonds. The Balaban J connectivity index is 1.26. The summed E-state index contributed by atoms with van der Waals surface area (Å²) in [6.45, 7) is 13.1. The molecular formula is C43H39F3N2O2. The van der Waals surface area contributed by atoms with Crippen molar-refractivity contribution in [2.24, 2.45) is 5.41 Å². The lowest BCUT2D eigenvalue weighted by Crippen LogP contribution is -2.34. The third-order valence-electron chi connectivity index (χ3n) is 9.35. The van der Waals surface area contributed by atoms with Crippen LogP contribution in [-0.2, 0) is 11.8 Å². The van der Waals surface area contributed by atoms with E-state index in [0.29, 0.717) is 34.3 Å². The molecule has 0 saturated heterocycles. The van der Waals surface area contributed by atoms with E-state index in [1.165, 1.54) is 19.4 Å². The van der Waals surface area contributed by atoms with Gasteiger partial charge < -0.3 is 9.47 Å². The van der Waals surface area contributed by atoms with Crippen LogP contribution in [0, 0.1) is 19.3 Å². The lowest BCUT2D eigenvalue weighted by molar-refractivity contribution is -0.211. The first-order valence-electron chi connectivity index (χ1n) is 16.7. The largest absolute Gasteiger partial charge is 0.457 e. The molecule has 50 heavy (non-hydrogen) atoms. The van der Waals surface area contributed by atoms with E-state index in [9.17, 15) is 13.2 Å². The summed E-state index contributed by atoms with van der Waals surface area (Å²) in [7, 11) is 0. The Morgan fingerprint density at radius 1 is 0.700 bits per heavy atom. The van der Waals surface area contributed by atoms with Gasteiger partial charge >= 0.3 is 6.18 Å². The van der Waals surface area contributed by atoms with Crippen LogP contribution in [0.1, 0.15) is 56.9 Å². The number of aromatic nitrogens is 2. The standard InChI is InChI=1S/C43H39F3N2O2/c1-25-15-29(36-23-31(11-13-47-36)41(3,4)5)21-32(17-25)49-33-18-26(2)16-30(22-33)39-40-35(12-14-48-39)34-10-8-9-28-19-27(20-37(50-40)38(28)34)24-42(6,7)43(44,45)46/h8-23H,24H2,1-7H3. The van der Waals surface area contributed by atoms with Crippen molar-refractivity contribution >= 4 is 10.8 Å².